The number of hydrogen-bond donors (Lipinski definition) is 2. The Labute approximate surface area is 224 Å². The molecule has 9 heteroatoms. The Balaban J connectivity index is 1.34. The van der Waals surface area contributed by atoms with Crippen LogP contribution in [-0.2, 0) is 12.7 Å². The topological polar surface area (TPSA) is 73.9 Å². The first-order chi connectivity index (χ1) is 18.7. The Morgan fingerprint density at radius 3 is 2.69 bits per heavy atom. The second-order valence-corrected chi connectivity index (χ2v) is 10.0. The molecule has 1 amide bonds. The number of aryl methyl sites for hydroxylation is 1. The van der Waals surface area contributed by atoms with Crippen LogP contribution in [0.4, 0.5) is 18.9 Å². The molecule has 6 nitrogen and oxygen atoms in total. The van der Waals surface area contributed by atoms with Gasteiger partial charge in [0.25, 0.3) is 5.91 Å². The maximum absolute atomic E-state index is 13.9. The molecule has 2 N–H and O–H groups in total. The lowest BCUT2D eigenvalue weighted by Gasteiger charge is -2.31. The minimum absolute atomic E-state index is 0.0890. The highest BCUT2D eigenvalue weighted by molar-refractivity contribution is 6.04. The smallest absolute Gasteiger partial charge is 0.345 e. The molecule has 1 fully saturated rings. The fraction of sp³-hybridized carbons (Fsp3) is 0.300. The number of piperidine rings is 1. The van der Waals surface area contributed by atoms with Gasteiger partial charge in [0.1, 0.15) is 11.2 Å². The molecule has 1 aliphatic heterocycles. The van der Waals surface area contributed by atoms with Crippen LogP contribution in [0.1, 0.15) is 58.1 Å². The van der Waals surface area contributed by atoms with Crippen molar-refractivity contribution < 1.29 is 18.0 Å². The standard InChI is InChI=1S/C30H28F3N5O/c1-19-10-13-38(14-11-19)18-23-6-7-24(16-26(23)30(31,32)33)37-29(39)22-4-3-20(2)21(15-22)5-8-25-17-35-27-9-12-34-28(27)36-25/h3-4,6-7,9,12,15-17,19H,10-11,13-14,18H2,1-2H3,(H,34,36)(H,37,39). The van der Waals surface area contributed by atoms with Gasteiger partial charge in [0.15, 0.2) is 5.65 Å². The van der Waals surface area contributed by atoms with E-state index < -0.39 is 17.6 Å². The highest BCUT2D eigenvalue weighted by atomic mass is 19.4. The van der Waals surface area contributed by atoms with Gasteiger partial charge in [-0.2, -0.15) is 13.2 Å². The minimum atomic E-state index is -4.53. The van der Waals surface area contributed by atoms with E-state index in [1.54, 1.807) is 30.6 Å². The molecule has 0 spiro atoms. The van der Waals surface area contributed by atoms with Crippen molar-refractivity contribution in [1.82, 2.24) is 19.9 Å². The Kier molecular flexibility index (Phi) is 7.40. The van der Waals surface area contributed by atoms with Gasteiger partial charge < -0.3 is 10.3 Å². The van der Waals surface area contributed by atoms with Gasteiger partial charge in [-0.1, -0.05) is 25.0 Å². The monoisotopic (exact) mass is 531 g/mol. The summed E-state index contributed by atoms with van der Waals surface area (Å²) < 4.78 is 41.8. The average molecular weight is 532 g/mol. The van der Waals surface area contributed by atoms with Gasteiger partial charge in [-0.3, -0.25) is 9.69 Å². The van der Waals surface area contributed by atoms with E-state index in [0.29, 0.717) is 22.8 Å². The number of carbonyl (C=O) groups excluding carboxylic acids is 1. The number of hydrogen-bond acceptors (Lipinski definition) is 4. The second kappa shape index (κ2) is 10.9. The van der Waals surface area contributed by atoms with Gasteiger partial charge in [-0.15, -0.1) is 0 Å². The Bertz CT molecular complexity index is 1570. The fourth-order valence-electron chi connectivity index (χ4n) is 4.64. The van der Waals surface area contributed by atoms with Gasteiger partial charge in [-0.25, -0.2) is 9.97 Å². The summed E-state index contributed by atoms with van der Waals surface area (Å²) in [6, 6.07) is 10.8. The molecule has 0 unspecified atom stereocenters. The van der Waals surface area contributed by atoms with E-state index in [0.717, 1.165) is 43.1 Å². The van der Waals surface area contributed by atoms with Gasteiger partial charge in [-0.05, 0) is 86.2 Å². The number of halogens is 3. The highest BCUT2D eigenvalue weighted by Gasteiger charge is 2.34. The van der Waals surface area contributed by atoms with E-state index in [1.165, 1.54) is 12.1 Å². The first-order valence-corrected chi connectivity index (χ1v) is 12.8. The number of likely N-dealkylation sites (tertiary alicyclic amines) is 1. The lowest BCUT2D eigenvalue weighted by Crippen LogP contribution is -2.33. The molecule has 3 heterocycles. The van der Waals surface area contributed by atoms with Crippen molar-refractivity contribution >= 4 is 22.8 Å². The molecule has 0 bridgehead atoms. The number of fused-ring (bicyclic) bond motifs is 1. The van der Waals surface area contributed by atoms with Crippen molar-refractivity contribution in [3.63, 3.8) is 0 Å². The van der Waals surface area contributed by atoms with Crippen molar-refractivity contribution in [2.45, 2.75) is 39.4 Å². The number of aromatic nitrogens is 3. The fourth-order valence-corrected chi connectivity index (χ4v) is 4.64. The molecule has 2 aromatic heterocycles. The summed E-state index contributed by atoms with van der Waals surface area (Å²) in [6.07, 6.45) is 0.747. The molecule has 0 aliphatic carbocycles. The van der Waals surface area contributed by atoms with E-state index in [4.69, 9.17) is 0 Å². The van der Waals surface area contributed by atoms with E-state index in [2.05, 4.69) is 43.9 Å². The van der Waals surface area contributed by atoms with Gasteiger partial charge >= 0.3 is 6.18 Å². The van der Waals surface area contributed by atoms with Crippen LogP contribution in [0.2, 0.25) is 0 Å². The van der Waals surface area contributed by atoms with Crippen LogP contribution in [0.5, 0.6) is 0 Å². The minimum Gasteiger partial charge on any atom is -0.345 e. The molecule has 2 aromatic carbocycles. The third kappa shape index (κ3) is 6.29. The van der Waals surface area contributed by atoms with Crippen molar-refractivity contribution in [3.8, 4) is 11.8 Å². The van der Waals surface area contributed by atoms with Crippen LogP contribution in [0, 0.1) is 24.7 Å². The normalized spacial score (nSPS) is 14.7. The summed E-state index contributed by atoms with van der Waals surface area (Å²) in [7, 11) is 0. The molecule has 200 valence electrons. The Hall–Kier alpha value is -4.16. The summed E-state index contributed by atoms with van der Waals surface area (Å²) in [5, 5.41) is 2.62. The number of nitrogens with zero attached hydrogens (tertiary/aromatic N) is 3. The molecule has 5 rings (SSSR count). The van der Waals surface area contributed by atoms with Crippen LogP contribution >= 0.6 is 0 Å². The van der Waals surface area contributed by atoms with E-state index in [1.807, 2.05) is 13.0 Å². The number of amides is 1. The third-order valence-electron chi connectivity index (χ3n) is 7.03. The summed E-state index contributed by atoms with van der Waals surface area (Å²) in [6.45, 7) is 5.82. The molecule has 1 aliphatic rings. The zero-order valence-corrected chi connectivity index (χ0v) is 21.7. The van der Waals surface area contributed by atoms with E-state index in [-0.39, 0.29) is 23.4 Å². The Morgan fingerprint density at radius 2 is 1.92 bits per heavy atom. The van der Waals surface area contributed by atoms with Crippen LogP contribution < -0.4 is 5.32 Å². The van der Waals surface area contributed by atoms with Crippen LogP contribution in [0.3, 0.4) is 0 Å². The second-order valence-electron chi connectivity index (χ2n) is 10.0. The molecule has 4 aromatic rings. The van der Waals surface area contributed by atoms with Crippen molar-refractivity contribution in [2.75, 3.05) is 18.4 Å². The molecule has 0 saturated carbocycles. The molecular weight excluding hydrogens is 503 g/mol. The SMILES string of the molecule is Cc1ccc(C(=O)Nc2ccc(CN3CCC(C)CC3)c(C(F)(F)F)c2)cc1C#Cc1cnc2cc[nH]c2n1. The maximum Gasteiger partial charge on any atom is 0.416 e. The quantitative estimate of drug-likeness (QED) is 0.309. The number of benzene rings is 2. The molecule has 1 saturated heterocycles. The summed E-state index contributed by atoms with van der Waals surface area (Å²) in [5.74, 6) is 6.06. The zero-order chi connectivity index (χ0) is 27.6. The van der Waals surface area contributed by atoms with Gasteiger partial charge in [0.2, 0.25) is 0 Å². The van der Waals surface area contributed by atoms with Crippen LogP contribution in [0.15, 0.2) is 54.9 Å². The third-order valence-corrected chi connectivity index (χ3v) is 7.03. The number of nitrogens with one attached hydrogen (secondary N) is 2. The molecule has 39 heavy (non-hydrogen) atoms. The molecule has 0 radical (unpaired) electrons. The van der Waals surface area contributed by atoms with Gasteiger partial charge in [0.05, 0.1) is 11.8 Å². The predicted octanol–water partition coefficient (Wildman–Crippen LogP) is 6.17. The first-order valence-electron chi connectivity index (χ1n) is 12.8. The number of anilines is 1. The van der Waals surface area contributed by atoms with Crippen molar-refractivity contribution in [3.05, 3.63) is 88.4 Å². The lowest BCUT2D eigenvalue weighted by molar-refractivity contribution is -0.138. The van der Waals surface area contributed by atoms with Crippen LogP contribution in [-0.4, -0.2) is 38.8 Å². The number of carbonyl (C=O) groups is 1. The summed E-state index contributed by atoms with van der Waals surface area (Å²) in [5.41, 5.74) is 3.15. The number of rotatable bonds is 4. The first kappa shape index (κ1) is 26.4. The molecule has 0 atom stereocenters. The zero-order valence-electron chi connectivity index (χ0n) is 21.7. The number of aromatic amines is 1. The highest BCUT2D eigenvalue weighted by Crippen LogP contribution is 2.35. The largest absolute Gasteiger partial charge is 0.416 e. The Morgan fingerprint density at radius 1 is 1.13 bits per heavy atom. The number of H-pyrrole nitrogens is 1. The summed E-state index contributed by atoms with van der Waals surface area (Å²) in [4.78, 5) is 26.7. The molecular formula is C30H28F3N5O. The van der Waals surface area contributed by atoms with Crippen molar-refractivity contribution in [2.24, 2.45) is 5.92 Å². The maximum atomic E-state index is 13.9. The average Bonchev–Trinajstić information content (AvgIpc) is 3.38. The van der Waals surface area contributed by atoms with Crippen molar-refractivity contribution in [1.29, 1.82) is 0 Å². The van der Waals surface area contributed by atoms with Gasteiger partial charge in [0, 0.05) is 29.6 Å². The lowest BCUT2D eigenvalue weighted by atomic mass is 9.98. The van der Waals surface area contributed by atoms with E-state index >= 15 is 0 Å². The number of alkyl halides is 3. The van der Waals surface area contributed by atoms with E-state index in [9.17, 15) is 18.0 Å². The predicted molar refractivity (Wildman–Crippen MR) is 144 cm³/mol. The van der Waals surface area contributed by atoms with Crippen LogP contribution in [0.25, 0.3) is 11.2 Å². The summed E-state index contributed by atoms with van der Waals surface area (Å²) >= 11 is 0.